The average Bonchev–Trinajstić information content (AvgIpc) is 3.07. The second kappa shape index (κ2) is 8.58. The Morgan fingerprint density at radius 1 is 1.19 bits per heavy atom. The van der Waals surface area contributed by atoms with E-state index in [1.165, 1.54) is 26.2 Å². The van der Waals surface area contributed by atoms with Gasteiger partial charge in [0.25, 0.3) is 10.0 Å². The maximum Gasteiger partial charge on any atom is 0.344 e. The Morgan fingerprint density at radius 2 is 1.89 bits per heavy atom. The van der Waals surface area contributed by atoms with Gasteiger partial charge < -0.3 is 13.9 Å². The number of nitrogens with zero attached hydrogens (tertiary/aromatic N) is 1. The molecule has 0 aliphatic carbocycles. The van der Waals surface area contributed by atoms with Crippen LogP contribution in [0, 0.1) is 6.92 Å². The third-order valence-electron chi connectivity index (χ3n) is 3.88. The van der Waals surface area contributed by atoms with E-state index in [0.717, 1.165) is 15.4 Å². The quantitative estimate of drug-likeness (QED) is 0.639. The maximum atomic E-state index is 12.0. The fourth-order valence-electron chi connectivity index (χ4n) is 2.33. The molecular formula is C19H25NO6S. The molecule has 1 heterocycles. The first kappa shape index (κ1) is 21.0. The summed E-state index contributed by atoms with van der Waals surface area (Å²) >= 11 is 0. The number of ether oxygens (including phenoxy) is 2. The van der Waals surface area contributed by atoms with Crippen molar-refractivity contribution in [3.05, 3.63) is 47.2 Å². The summed E-state index contributed by atoms with van der Waals surface area (Å²) in [5.74, 6) is 0.581. The molecule has 0 fully saturated rings. The largest absolute Gasteiger partial charge is 0.482 e. The van der Waals surface area contributed by atoms with Crippen LogP contribution < -0.4 is 4.74 Å². The number of sulfonamides is 1. The average molecular weight is 395 g/mol. The number of esters is 1. The lowest BCUT2D eigenvalue weighted by atomic mass is 10.0. The monoisotopic (exact) mass is 395 g/mol. The minimum absolute atomic E-state index is 0.171. The molecule has 2 rings (SSSR count). The van der Waals surface area contributed by atoms with Gasteiger partial charge in [-0.3, -0.25) is 0 Å². The van der Waals surface area contributed by atoms with Crippen molar-refractivity contribution >= 4 is 16.0 Å². The predicted octanol–water partition coefficient (Wildman–Crippen LogP) is 3.08. The zero-order valence-electron chi connectivity index (χ0n) is 16.2. The van der Waals surface area contributed by atoms with E-state index in [1.807, 2.05) is 39.0 Å². The summed E-state index contributed by atoms with van der Waals surface area (Å²) < 4.78 is 40.9. The number of hydrogen-bond acceptors (Lipinski definition) is 6. The number of furan rings is 1. The van der Waals surface area contributed by atoms with Crippen LogP contribution in [0.4, 0.5) is 0 Å². The van der Waals surface area contributed by atoms with Crippen molar-refractivity contribution in [2.24, 2.45) is 0 Å². The van der Waals surface area contributed by atoms with E-state index in [2.05, 4.69) is 0 Å². The lowest BCUT2D eigenvalue weighted by molar-refractivity contribution is -0.147. The van der Waals surface area contributed by atoms with E-state index in [1.54, 1.807) is 0 Å². The molecule has 0 amide bonds. The van der Waals surface area contributed by atoms with E-state index in [4.69, 9.17) is 13.9 Å². The van der Waals surface area contributed by atoms with Crippen LogP contribution in [0.3, 0.4) is 0 Å². The highest BCUT2D eigenvalue weighted by Gasteiger charge is 2.22. The molecule has 0 bridgehead atoms. The molecule has 0 saturated carbocycles. The van der Waals surface area contributed by atoms with Crippen molar-refractivity contribution in [3.8, 4) is 5.75 Å². The standard InChI is InChI=1S/C19H25NO6S/c1-13(2)16-8-6-14(3)10-17(16)24-12-18(21)25-11-15-7-9-19(26-15)27(22,23)20(4)5/h6-10,13H,11-12H2,1-5H3. The van der Waals surface area contributed by atoms with Gasteiger partial charge in [-0.05, 0) is 42.2 Å². The summed E-state index contributed by atoms with van der Waals surface area (Å²) in [5.41, 5.74) is 2.05. The first-order valence-electron chi connectivity index (χ1n) is 8.51. The number of hydrogen-bond donors (Lipinski definition) is 0. The van der Waals surface area contributed by atoms with E-state index < -0.39 is 16.0 Å². The van der Waals surface area contributed by atoms with Crippen LogP contribution >= 0.6 is 0 Å². The first-order chi connectivity index (χ1) is 12.6. The van der Waals surface area contributed by atoms with Crippen molar-refractivity contribution in [2.45, 2.75) is 38.4 Å². The van der Waals surface area contributed by atoms with Crippen LogP contribution in [0.2, 0.25) is 0 Å². The molecule has 0 radical (unpaired) electrons. The highest BCUT2D eigenvalue weighted by Crippen LogP contribution is 2.27. The fraction of sp³-hybridized carbons (Fsp3) is 0.421. The molecule has 0 saturated heterocycles. The van der Waals surface area contributed by atoms with Crippen LogP contribution in [-0.4, -0.2) is 39.4 Å². The van der Waals surface area contributed by atoms with Gasteiger partial charge in [-0.2, -0.15) is 0 Å². The summed E-state index contributed by atoms with van der Waals surface area (Å²) in [7, 11) is -0.840. The number of carbonyl (C=O) groups is 1. The van der Waals surface area contributed by atoms with Gasteiger partial charge in [0.1, 0.15) is 18.1 Å². The fourth-order valence-corrected chi connectivity index (χ4v) is 3.14. The predicted molar refractivity (Wildman–Crippen MR) is 100 cm³/mol. The lowest BCUT2D eigenvalue weighted by Gasteiger charge is -2.14. The maximum absolute atomic E-state index is 12.0. The van der Waals surface area contributed by atoms with Crippen LogP contribution in [0.15, 0.2) is 39.8 Å². The van der Waals surface area contributed by atoms with Gasteiger partial charge >= 0.3 is 5.97 Å². The molecule has 148 valence electrons. The van der Waals surface area contributed by atoms with Gasteiger partial charge in [0.15, 0.2) is 6.61 Å². The second-order valence-electron chi connectivity index (χ2n) is 6.65. The van der Waals surface area contributed by atoms with Crippen LogP contribution in [-0.2, 0) is 26.2 Å². The lowest BCUT2D eigenvalue weighted by Crippen LogP contribution is -2.21. The molecular weight excluding hydrogens is 370 g/mol. The van der Waals surface area contributed by atoms with E-state index >= 15 is 0 Å². The smallest absolute Gasteiger partial charge is 0.344 e. The summed E-state index contributed by atoms with van der Waals surface area (Å²) in [6, 6.07) is 8.65. The number of carbonyl (C=O) groups excluding carboxylic acids is 1. The van der Waals surface area contributed by atoms with Crippen molar-refractivity contribution in [2.75, 3.05) is 20.7 Å². The van der Waals surface area contributed by atoms with Gasteiger partial charge in [-0.25, -0.2) is 17.5 Å². The number of benzene rings is 1. The van der Waals surface area contributed by atoms with Gasteiger partial charge in [0.2, 0.25) is 5.09 Å². The molecule has 0 aliphatic heterocycles. The molecule has 0 unspecified atom stereocenters. The molecule has 8 heteroatoms. The molecule has 1 aromatic heterocycles. The Morgan fingerprint density at radius 3 is 2.52 bits per heavy atom. The van der Waals surface area contributed by atoms with Crippen molar-refractivity contribution in [1.29, 1.82) is 0 Å². The Kier molecular flexibility index (Phi) is 6.67. The molecule has 0 spiro atoms. The Hall–Kier alpha value is -2.32. The highest BCUT2D eigenvalue weighted by atomic mass is 32.2. The molecule has 27 heavy (non-hydrogen) atoms. The topological polar surface area (TPSA) is 86.0 Å². The molecule has 0 aliphatic rings. The van der Waals surface area contributed by atoms with Crippen molar-refractivity contribution in [1.82, 2.24) is 4.31 Å². The van der Waals surface area contributed by atoms with Gasteiger partial charge in [0, 0.05) is 14.1 Å². The minimum Gasteiger partial charge on any atom is -0.482 e. The van der Waals surface area contributed by atoms with Crippen LogP contribution in [0.25, 0.3) is 0 Å². The van der Waals surface area contributed by atoms with Crippen molar-refractivity contribution < 1.29 is 27.1 Å². The summed E-state index contributed by atoms with van der Waals surface area (Å²) in [6.45, 7) is 5.63. The van der Waals surface area contributed by atoms with E-state index in [9.17, 15) is 13.2 Å². The zero-order valence-corrected chi connectivity index (χ0v) is 17.0. The summed E-state index contributed by atoms with van der Waals surface area (Å²) in [6.07, 6.45) is 0. The normalized spacial score (nSPS) is 11.8. The third-order valence-corrected chi connectivity index (χ3v) is 5.57. The summed E-state index contributed by atoms with van der Waals surface area (Å²) in [4.78, 5) is 12.0. The molecule has 0 N–H and O–H groups in total. The Labute approximate surface area is 159 Å². The first-order valence-corrected chi connectivity index (χ1v) is 9.95. The van der Waals surface area contributed by atoms with Gasteiger partial charge in [0.05, 0.1) is 0 Å². The van der Waals surface area contributed by atoms with Crippen LogP contribution in [0.5, 0.6) is 5.75 Å². The number of rotatable bonds is 8. The molecule has 1 aromatic carbocycles. The van der Waals surface area contributed by atoms with E-state index in [-0.39, 0.29) is 30.0 Å². The Bertz CT molecular complexity index is 899. The molecule has 0 atom stereocenters. The highest BCUT2D eigenvalue weighted by molar-refractivity contribution is 7.88. The third kappa shape index (κ3) is 5.33. The molecule has 7 nitrogen and oxygen atoms in total. The Balaban J connectivity index is 1.93. The van der Waals surface area contributed by atoms with Crippen LogP contribution in [0.1, 0.15) is 36.7 Å². The SMILES string of the molecule is Cc1ccc(C(C)C)c(OCC(=O)OCc2ccc(S(=O)(=O)N(C)C)o2)c1. The molecule has 2 aromatic rings. The minimum atomic E-state index is -3.66. The number of aryl methyl sites for hydroxylation is 1. The van der Waals surface area contributed by atoms with Gasteiger partial charge in [-0.1, -0.05) is 26.0 Å². The van der Waals surface area contributed by atoms with Crippen molar-refractivity contribution in [3.63, 3.8) is 0 Å². The van der Waals surface area contributed by atoms with Gasteiger partial charge in [-0.15, -0.1) is 0 Å². The van der Waals surface area contributed by atoms with E-state index in [0.29, 0.717) is 5.75 Å². The zero-order chi connectivity index (χ0) is 20.2. The summed E-state index contributed by atoms with van der Waals surface area (Å²) in [5, 5.41) is -0.198. The second-order valence-corrected chi connectivity index (χ2v) is 8.74.